The maximum atomic E-state index is 12.8. The molecule has 0 unspecified atom stereocenters. The number of carbonyl (C=O) groups is 1. The first-order valence-corrected chi connectivity index (χ1v) is 10.0. The lowest BCUT2D eigenvalue weighted by Crippen LogP contribution is -2.41. The lowest BCUT2D eigenvalue weighted by molar-refractivity contribution is -0.137. The number of nitrogens with one attached hydrogen (secondary N) is 2. The molecule has 0 spiro atoms. The zero-order valence-electron chi connectivity index (χ0n) is 13.6. The van der Waals surface area contributed by atoms with Crippen LogP contribution in [0.5, 0.6) is 0 Å². The van der Waals surface area contributed by atoms with Crippen molar-refractivity contribution in [3.63, 3.8) is 0 Å². The number of sulfonamides is 1. The van der Waals surface area contributed by atoms with E-state index in [4.69, 9.17) is 11.6 Å². The van der Waals surface area contributed by atoms with Crippen molar-refractivity contribution in [1.29, 1.82) is 0 Å². The molecule has 0 aromatic heterocycles. The number of anilines is 1. The summed E-state index contributed by atoms with van der Waals surface area (Å²) in [7, 11) is -4.00. The molecule has 0 saturated heterocycles. The summed E-state index contributed by atoms with van der Waals surface area (Å²) in [5.41, 5.74) is -1.27. The van der Waals surface area contributed by atoms with Crippen molar-refractivity contribution in [1.82, 2.24) is 4.72 Å². The van der Waals surface area contributed by atoms with Gasteiger partial charge in [-0.25, -0.2) is 8.42 Å². The molecule has 0 aliphatic rings. The van der Waals surface area contributed by atoms with Crippen LogP contribution < -0.4 is 10.0 Å². The summed E-state index contributed by atoms with van der Waals surface area (Å²) in [6.07, 6.45) is -4.61. The van der Waals surface area contributed by atoms with Crippen molar-refractivity contribution >= 4 is 49.1 Å². The van der Waals surface area contributed by atoms with Crippen molar-refractivity contribution in [3.05, 3.63) is 57.5 Å². The predicted octanol–water partition coefficient (Wildman–Crippen LogP) is 4.43. The van der Waals surface area contributed by atoms with Crippen molar-refractivity contribution in [2.45, 2.75) is 24.0 Å². The molecule has 1 atom stereocenters. The minimum Gasteiger partial charge on any atom is -0.323 e. The number of rotatable bonds is 5. The Labute approximate surface area is 167 Å². The molecule has 0 aliphatic heterocycles. The molecular weight excluding hydrogens is 473 g/mol. The summed E-state index contributed by atoms with van der Waals surface area (Å²) in [5.74, 6) is -0.864. The van der Waals surface area contributed by atoms with Gasteiger partial charge in [-0.3, -0.25) is 4.79 Å². The van der Waals surface area contributed by atoms with Crippen molar-refractivity contribution in [2.75, 3.05) is 5.32 Å². The number of halogens is 5. The highest BCUT2D eigenvalue weighted by molar-refractivity contribution is 9.10. The number of carbonyl (C=O) groups excluding carboxylic acids is 1. The SMILES string of the molecule is C[C@H](NS(=O)(=O)c1ccc(Br)cc1)C(=O)Nc1cc(C(F)(F)F)ccc1Cl. The highest BCUT2D eigenvalue weighted by Crippen LogP contribution is 2.33. The third kappa shape index (κ3) is 5.68. The minimum absolute atomic E-state index is 0.0672. The number of hydrogen-bond donors (Lipinski definition) is 2. The Hall–Kier alpha value is -1.62. The molecule has 2 N–H and O–H groups in total. The van der Waals surface area contributed by atoms with Crippen LogP contribution in [-0.4, -0.2) is 20.4 Å². The van der Waals surface area contributed by atoms with Crippen LogP contribution in [-0.2, 0) is 21.0 Å². The normalized spacial score (nSPS) is 13.3. The highest BCUT2D eigenvalue weighted by Gasteiger charge is 2.31. The molecule has 2 aromatic rings. The molecule has 0 heterocycles. The monoisotopic (exact) mass is 484 g/mol. The van der Waals surface area contributed by atoms with E-state index in [-0.39, 0.29) is 15.6 Å². The Morgan fingerprint density at radius 1 is 1.15 bits per heavy atom. The van der Waals surface area contributed by atoms with Gasteiger partial charge in [0.2, 0.25) is 15.9 Å². The van der Waals surface area contributed by atoms with Gasteiger partial charge < -0.3 is 5.32 Å². The Bertz CT molecular complexity index is 950. The molecule has 5 nitrogen and oxygen atoms in total. The van der Waals surface area contributed by atoms with Crippen molar-refractivity contribution in [3.8, 4) is 0 Å². The maximum absolute atomic E-state index is 12.8. The lowest BCUT2D eigenvalue weighted by atomic mass is 10.2. The predicted molar refractivity (Wildman–Crippen MR) is 99.0 cm³/mol. The molecule has 11 heteroatoms. The van der Waals surface area contributed by atoms with Gasteiger partial charge in [-0.15, -0.1) is 0 Å². The first-order chi connectivity index (χ1) is 12.4. The van der Waals surface area contributed by atoms with Gasteiger partial charge in [-0.05, 0) is 49.4 Å². The molecule has 0 aliphatic carbocycles. The zero-order valence-corrected chi connectivity index (χ0v) is 16.8. The lowest BCUT2D eigenvalue weighted by Gasteiger charge is -2.16. The average Bonchev–Trinajstić information content (AvgIpc) is 2.55. The first-order valence-electron chi connectivity index (χ1n) is 7.35. The van der Waals surface area contributed by atoms with Crippen LogP contribution in [0.15, 0.2) is 51.8 Å². The number of amides is 1. The van der Waals surface area contributed by atoms with Crippen LogP contribution >= 0.6 is 27.5 Å². The van der Waals surface area contributed by atoms with Crippen molar-refractivity contribution < 1.29 is 26.4 Å². The number of benzene rings is 2. The Kier molecular flexibility index (Phi) is 6.56. The summed E-state index contributed by atoms with van der Waals surface area (Å²) in [6.45, 7) is 1.26. The molecular formula is C16H13BrClF3N2O3S. The molecule has 0 radical (unpaired) electrons. The van der Waals surface area contributed by atoms with E-state index < -0.39 is 33.7 Å². The van der Waals surface area contributed by atoms with Gasteiger partial charge in [-0.2, -0.15) is 17.9 Å². The summed E-state index contributed by atoms with van der Waals surface area (Å²) in [6, 6.07) is 6.89. The average molecular weight is 486 g/mol. The van der Waals surface area contributed by atoms with Gasteiger partial charge in [0.1, 0.15) is 0 Å². The Morgan fingerprint density at radius 2 is 1.74 bits per heavy atom. The fraction of sp³-hybridized carbons (Fsp3) is 0.188. The van der Waals surface area contributed by atoms with E-state index in [0.29, 0.717) is 10.5 Å². The van der Waals surface area contributed by atoms with E-state index in [0.717, 1.165) is 12.1 Å². The Balaban J connectivity index is 2.15. The van der Waals surface area contributed by atoms with Gasteiger partial charge in [-0.1, -0.05) is 27.5 Å². The second kappa shape index (κ2) is 8.17. The first kappa shape index (κ1) is 21.7. The second-order valence-corrected chi connectivity index (χ2v) is 8.52. The standard InChI is InChI=1S/C16H13BrClF3N2O3S/c1-9(23-27(25,26)12-5-3-11(17)4-6-12)15(24)22-14-8-10(16(19,20)21)2-7-13(14)18/h2-9,23H,1H3,(H,22,24)/t9-/m0/s1. The quantitative estimate of drug-likeness (QED) is 0.658. The van der Waals surface area contributed by atoms with Crippen LogP contribution in [0.2, 0.25) is 5.02 Å². The van der Waals surface area contributed by atoms with Gasteiger partial charge in [0.05, 0.1) is 27.2 Å². The van der Waals surface area contributed by atoms with E-state index in [1.807, 2.05) is 0 Å². The summed E-state index contributed by atoms with van der Waals surface area (Å²) in [4.78, 5) is 12.1. The fourth-order valence-electron chi connectivity index (χ4n) is 2.01. The van der Waals surface area contributed by atoms with Crippen molar-refractivity contribution in [2.24, 2.45) is 0 Å². The number of alkyl halides is 3. The molecule has 1 amide bonds. The van der Waals surface area contributed by atoms with Gasteiger partial charge in [0, 0.05) is 4.47 Å². The molecule has 0 fully saturated rings. The van der Waals surface area contributed by atoms with Crippen LogP contribution in [0.4, 0.5) is 18.9 Å². The minimum atomic E-state index is -4.61. The maximum Gasteiger partial charge on any atom is 0.416 e. The summed E-state index contributed by atoms with van der Waals surface area (Å²) < 4.78 is 65.7. The van der Waals surface area contributed by atoms with E-state index in [1.165, 1.54) is 31.2 Å². The van der Waals surface area contributed by atoms with Crippen LogP contribution in [0.1, 0.15) is 12.5 Å². The van der Waals surface area contributed by atoms with E-state index in [2.05, 4.69) is 26.0 Å². The summed E-state index contributed by atoms with van der Waals surface area (Å²) >= 11 is 8.99. The third-order valence-electron chi connectivity index (χ3n) is 3.40. The number of hydrogen-bond acceptors (Lipinski definition) is 3. The molecule has 2 aromatic carbocycles. The highest BCUT2D eigenvalue weighted by atomic mass is 79.9. The molecule has 27 heavy (non-hydrogen) atoms. The zero-order chi connectivity index (χ0) is 20.4. The van der Waals surface area contributed by atoms with Gasteiger partial charge in [0.15, 0.2) is 0 Å². The largest absolute Gasteiger partial charge is 0.416 e. The van der Waals surface area contributed by atoms with E-state index in [9.17, 15) is 26.4 Å². The Morgan fingerprint density at radius 3 is 2.30 bits per heavy atom. The molecule has 2 rings (SSSR count). The van der Waals surface area contributed by atoms with E-state index in [1.54, 1.807) is 0 Å². The summed E-state index contributed by atoms with van der Waals surface area (Å²) in [5, 5.41) is 2.09. The van der Waals surface area contributed by atoms with Crippen LogP contribution in [0.3, 0.4) is 0 Å². The fourth-order valence-corrected chi connectivity index (χ4v) is 3.64. The van der Waals surface area contributed by atoms with Gasteiger partial charge >= 0.3 is 6.18 Å². The third-order valence-corrected chi connectivity index (χ3v) is 5.82. The molecule has 146 valence electrons. The molecule has 0 saturated carbocycles. The van der Waals surface area contributed by atoms with Crippen LogP contribution in [0.25, 0.3) is 0 Å². The van der Waals surface area contributed by atoms with Crippen LogP contribution in [0, 0.1) is 0 Å². The van der Waals surface area contributed by atoms with E-state index >= 15 is 0 Å². The van der Waals surface area contributed by atoms with Gasteiger partial charge in [0.25, 0.3) is 0 Å². The smallest absolute Gasteiger partial charge is 0.323 e. The molecule has 0 bridgehead atoms. The topological polar surface area (TPSA) is 75.3 Å². The second-order valence-electron chi connectivity index (χ2n) is 5.48.